The van der Waals surface area contributed by atoms with Crippen molar-refractivity contribution >= 4 is 18.0 Å². The summed E-state index contributed by atoms with van der Waals surface area (Å²) in [6.07, 6.45) is 9.05. The van der Waals surface area contributed by atoms with Crippen LogP contribution >= 0.6 is 0 Å². The van der Waals surface area contributed by atoms with Gasteiger partial charge in [-0.1, -0.05) is 20.8 Å². The van der Waals surface area contributed by atoms with Crippen molar-refractivity contribution in [2.75, 3.05) is 13.3 Å². The van der Waals surface area contributed by atoms with Gasteiger partial charge in [0.1, 0.15) is 0 Å². The van der Waals surface area contributed by atoms with Crippen LogP contribution in [0, 0.1) is 17.8 Å². The standard InChI is InChI=1S/C22H35N3O6/c1-15(2)21(28)30-14-31-22(29)23-10-4-5-17(20(26)27)11-18-12-25(13-24-18)19-8-6-16(3)7-9-19/h12-13,15-17,19H,4-11,14H2,1-3H3,(H,23,29)(H,26,27)/t16?,17-,19?/m0/s1. The van der Waals surface area contributed by atoms with Gasteiger partial charge in [0.05, 0.1) is 23.9 Å². The molecule has 0 spiro atoms. The summed E-state index contributed by atoms with van der Waals surface area (Å²) in [5, 5.41) is 12.1. The van der Waals surface area contributed by atoms with E-state index in [9.17, 15) is 19.5 Å². The molecule has 0 aliphatic heterocycles. The van der Waals surface area contributed by atoms with E-state index in [1.807, 2.05) is 12.5 Å². The molecule has 2 rings (SSSR count). The third kappa shape index (κ3) is 8.59. The number of aromatic nitrogens is 2. The quantitative estimate of drug-likeness (QED) is 0.309. The number of nitrogens with zero attached hydrogens (tertiary/aromatic N) is 2. The Morgan fingerprint density at radius 1 is 1.23 bits per heavy atom. The second kappa shape index (κ2) is 12.3. The Labute approximate surface area is 183 Å². The molecule has 0 bridgehead atoms. The molecular weight excluding hydrogens is 402 g/mol. The largest absolute Gasteiger partial charge is 0.481 e. The van der Waals surface area contributed by atoms with Gasteiger partial charge in [-0.2, -0.15) is 0 Å². The maximum atomic E-state index is 11.6. The van der Waals surface area contributed by atoms with Crippen molar-refractivity contribution in [3.63, 3.8) is 0 Å². The van der Waals surface area contributed by atoms with Gasteiger partial charge in [0.2, 0.25) is 6.79 Å². The summed E-state index contributed by atoms with van der Waals surface area (Å²) in [6, 6.07) is 0.454. The van der Waals surface area contributed by atoms with Gasteiger partial charge in [-0.3, -0.25) is 9.59 Å². The molecule has 1 aromatic heterocycles. The van der Waals surface area contributed by atoms with E-state index >= 15 is 0 Å². The Bertz CT molecular complexity index is 725. The van der Waals surface area contributed by atoms with Crippen molar-refractivity contribution in [3.8, 4) is 0 Å². The number of ether oxygens (including phenoxy) is 2. The Balaban J connectivity index is 1.69. The fourth-order valence-corrected chi connectivity index (χ4v) is 3.69. The van der Waals surface area contributed by atoms with Crippen LogP contribution < -0.4 is 5.32 Å². The van der Waals surface area contributed by atoms with E-state index in [1.165, 1.54) is 12.8 Å². The molecule has 9 nitrogen and oxygen atoms in total. The van der Waals surface area contributed by atoms with Crippen molar-refractivity contribution in [3.05, 3.63) is 18.2 Å². The van der Waals surface area contributed by atoms with Crippen LogP contribution in [0.2, 0.25) is 0 Å². The van der Waals surface area contributed by atoms with Crippen molar-refractivity contribution in [2.45, 2.75) is 71.8 Å². The summed E-state index contributed by atoms with van der Waals surface area (Å²) in [7, 11) is 0. The average Bonchev–Trinajstić information content (AvgIpc) is 3.19. The summed E-state index contributed by atoms with van der Waals surface area (Å²) >= 11 is 0. The zero-order valence-corrected chi connectivity index (χ0v) is 18.7. The maximum Gasteiger partial charge on any atom is 0.410 e. The molecule has 2 N–H and O–H groups in total. The third-order valence-corrected chi connectivity index (χ3v) is 5.73. The van der Waals surface area contributed by atoms with Crippen molar-refractivity contribution < 1.29 is 29.0 Å². The lowest BCUT2D eigenvalue weighted by atomic mass is 9.87. The lowest BCUT2D eigenvalue weighted by Gasteiger charge is -2.26. The van der Waals surface area contributed by atoms with Crippen LogP contribution in [-0.2, 0) is 25.5 Å². The number of aliphatic carboxylic acids is 1. The molecule has 0 aromatic carbocycles. The minimum Gasteiger partial charge on any atom is -0.481 e. The number of imidazole rings is 1. The summed E-state index contributed by atoms with van der Waals surface area (Å²) in [6.45, 7) is 5.48. The van der Waals surface area contributed by atoms with Crippen molar-refractivity contribution in [1.82, 2.24) is 14.9 Å². The van der Waals surface area contributed by atoms with E-state index in [0.717, 1.165) is 24.5 Å². The van der Waals surface area contributed by atoms with E-state index in [2.05, 4.69) is 21.8 Å². The molecule has 31 heavy (non-hydrogen) atoms. The van der Waals surface area contributed by atoms with Crippen LogP contribution in [0.15, 0.2) is 12.5 Å². The van der Waals surface area contributed by atoms with Gasteiger partial charge in [-0.05, 0) is 44.4 Å². The summed E-state index contributed by atoms with van der Waals surface area (Å²) in [5.74, 6) is -1.41. The van der Waals surface area contributed by atoms with E-state index in [1.54, 1.807) is 13.8 Å². The first-order valence-electron chi connectivity index (χ1n) is 11.1. The average molecular weight is 438 g/mol. The van der Waals surface area contributed by atoms with Crippen LogP contribution in [0.5, 0.6) is 0 Å². The minimum absolute atomic E-state index is 0.273. The highest BCUT2D eigenvalue weighted by molar-refractivity contribution is 5.72. The second-order valence-corrected chi connectivity index (χ2v) is 8.70. The van der Waals surface area contributed by atoms with Crippen LogP contribution in [0.1, 0.15) is 71.0 Å². The van der Waals surface area contributed by atoms with E-state index in [0.29, 0.717) is 25.3 Å². The highest BCUT2D eigenvalue weighted by Crippen LogP contribution is 2.31. The Morgan fingerprint density at radius 2 is 1.94 bits per heavy atom. The number of carboxylic acids is 1. The molecule has 9 heteroatoms. The molecule has 1 heterocycles. The predicted octanol–water partition coefficient (Wildman–Crippen LogP) is 3.54. The number of esters is 1. The van der Waals surface area contributed by atoms with Crippen molar-refractivity contribution in [1.29, 1.82) is 0 Å². The Kier molecular flexibility index (Phi) is 9.81. The monoisotopic (exact) mass is 437 g/mol. The van der Waals surface area contributed by atoms with Gasteiger partial charge in [0.25, 0.3) is 0 Å². The normalized spacial score (nSPS) is 19.6. The number of hydrogen-bond donors (Lipinski definition) is 2. The summed E-state index contributed by atoms with van der Waals surface area (Å²) in [4.78, 5) is 38.9. The van der Waals surface area contributed by atoms with Gasteiger partial charge >= 0.3 is 18.0 Å². The van der Waals surface area contributed by atoms with Gasteiger partial charge < -0.3 is 24.5 Å². The first kappa shape index (κ1) is 24.7. The van der Waals surface area contributed by atoms with Crippen LogP contribution in [-0.4, -0.2) is 46.0 Å². The zero-order valence-electron chi connectivity index (χ0n) is 18.7. The first-order chi connectivity index (χ1) is 14.8. The molecule has 1 saturated carbocycles. The number of nitrogens with one attached hydrogen (secondary N) is 1. The third-order valence-electron chi connectivity index (χ3n) is 5.73. The lowest BCUT2D eigenvalue weighted by Crippen LogP contribution is -2.28. The van der Waals surface area contributed by atoms with E-state index in [4.69, 9.17) is 9.47 Å². The fraction of sp³-hybridized carbons (Fsp3) is 0.727. The van der Waals surface area contributed by atoms with Gasteiger partial charge in [0, 0.05) is 25.2 Å². The second-order valence-electron chi connectivity index (χ2n) is 8.70. The fourth-order valence-electron chi connectivity index (χ4n) is 3.69. The van der Waals surface area contributed by atoms with Crippen LogP contribution in [0.4, 0.5) is 4.79 Å². The van der Waals surface area contributed by atoms with E-state index < -0.39 is 30.7 Å². The van der Waals surface area contributed by atoms with Gasteiger partial charge in [-0.25, -0.2) is 9.78 Å². The van der Waals surface area contributed by atoms with Gasteiger partial charge in [0.15, 0.2) is 0 Å². The zero-order chi connectivity index (χ0) is 22.8. The first-order valence-corrected chi connectivity index (χ1v) is 11.1. The number of alkyl carbamates (subject to hydrolysis) is 1. The highest BCUT2D eigenvalue weighted by atomic mass is 16.7. The molecule has 1 aliphatic rings. The molecule has 174 valence electrons. The maximum absolute atomic E-state index is 11.6. The smallest absolute Gasteiger partial charge is 0.410 e. The highest BCUT2D eigenvalue weighted by Gasteiger charge is 2.22. The SMILES string of the molecule is CC1CCC(n2cnc(C[C@H](CCCNC(=O)OCOC(=O)C(C)C)C(=O)O)c2)CC1. The summed E-state index contributed by atoms with van der Waals surface area (Å²) < 4.78 is 11.6. The number of carbonyl (C=O) groups is 3. The Hall–Kier alpha value is -2.58. The molecule has 0 unspecified atom stereocenters. The van der Waals surface area contributed by atoms with Crippen LogP contribution in [0.25, 0.3) is 0 Å². The summed E-state index contributed by atoms with van der Waals surface area (Å²) in [5.41, 5.74) is 0.783. The molecule has 0 saturated heterocycles. The number of amides is 1. The minimum atomic E-state index is -0.871. The van der Waals surface area contributed by atoms with Crippen LogP contribution in [0.3, 0.4) is 0 Å². The lowest BCUT2D eigenvalue weighted by molar-refractivity contribution is -0.155. The number of hydrogen-bond acceptors (Lipinski definition) is 6. The number of carboxylic acid groups (broad SMARTS) is 1. The molecule has 1 aliphatic carbocycles. The molecule has 1 amide bonds. The molecule has 1 aromatic rings. The van der Waals surface area contributed by atoms with E-state index in [-0.39, 0.29) is 12.5 Å². The number of carbonyl (C=O) groups excluding carboxylic acids is 2. The molecule has 0 radical (unpaired) electrons. The Morgan fingerprint density at radius 3 is 2.58 bits per heavy atom. The molecule has 1 atom stereocenters. The topological polar surface area (TPSA) is 120 Å². The predicted molar refractivity (Wildman–Crippen MR) is 113 cm³/mol. The number of rotatable bonds is 11. The molecular formula is C22H35N3O6. The molecule has 1 fully saturated rings. The van der Waals surface area contributed by atoms with Gasteiger partial charge in [-0.15, -0.1) is 0 Å². The van der Waals surface area contributed by atoms with Crippen molar-refractivity contribution in [2.24, 2.45) is 17.8 Å².